The van der Waals surface area contributed by atoms with Crippen molar-refractivity contribution < 1.29 is 9.82 Å². The van der Waals surface area contributed by atoms with Crippen LogP contribution < -0.4 is 10.5 Å². The first-order valence-corrected chi connectivity index (χ1v) is 5.82. The minimum absolute atomic E-state index is 0.0227. The summed E-state index contributed by atoms with van der Waals surface area (Å²) in [7, 11) is -0.605. The molecule has 4 nitrogen and oxygen atoms in total. The number of carbonyl (C=O) groups is 1. The van der Waals surface area contributed by atoms with E-state index in [-0.39, 0.29) is 29.8 Å². The summed E-state index contributed by atoms with van der Waals surface area (Å²) in [5.41, 5.74) is 0. The third-order valence-corrected chi connectivity index (χ3v) is 3.02. The van der Waals surface area contributed by atoms with Gasteiger partial charge in [-0.1, -0.05) is 19.9 Å². The van der Waals surface area contributed by atoms with Gasteiger partial charge >= 0.3 is 7.05 Å². The van der Waals surface area contributed by atoms with Gasteiger partial charge in [-0.15, -0.1) is 6.58 Å². The quantitative estimate of drug-likeness (QED) is 0.468. The van der Waals surface area contributed by atoms with E-state index in [4.69, 9.17) is 0 Å². The van der Waals surface area contributed by atoms with Crippen LogP contribution in [0.5, 0.6) is 0 Å². The van der Waals surface area contributed by atoms with E-state index >= 15 is 0 Å². The Morgan fingerprint density at radius 1 is 1.69 bits per heavy atom. The number of hydrogen-bond donors (Lipinski definition) is 3. The SMILES string of the molecule is C=CC[C@H]1NC(=O)[C@@H](C(C)C)C1NB(C)O. The van der Waals surface area contributed by atoms with Gasteiger partial charge in [0.15, 0.2) is 0 Å². The lowest BCUT2D eigenvalue weighted by Crippen LogP contribution is -2.50. The highest BCUT2D eigenvalue weighted by Gasteiger charge is 2.43. The first kappa shape index (κ1) is 13.3. The van der Waals surface area contributed by atoms with E-state index in [1.54, 1.807) is 12.9 Å². The van der Waals surface area contributed by atoms with Crippen molar-refractivity contribution in [2.45, 2.75) is 39.2 Å². The molecule has 0 aliphatic carbocycles. The maximum absolute atomic E-state index is 11.8. The fraction of sp³-hybridized carbons (Fsp3) is 0.727. The molecule has 0 spiro atoms. The summed E-state index contributed by atoms with van der Waals surface area (Å²) in [6.07, 6.45) is 2.52. The van der Waals surface area contributed by atoms with Crippen LogP contribution in [-0.2, 0) is 4.79 Å². The molecule has 3 N–H and O–H groups in total. The van der Waals surface area contributed by atoms with E-state index in [0.717, 1.165) is 6.42 Å². The summed E-state index contributed by atoms with van der Waals surface area (Å²) in [6, 6.07) is 0.0116. The average Bonchev–Trinajstić information content (AvgIpc) is 2.42. The molecule has 16 heavy (non-hydrogen) atoms. The van der Waals surface area contributed by atoms with E-state index in [0.29, 0.717) is 0 Å². The van der Waals surface area contributed by atoms with Gasteiger partial charge in [-0.2, -0.15) is 0 Å². The molecule has 0 saturated carbocycles. The van der Waals surface area contributed by atoms with Gasteiger partial charge in [0.2, 0.25) is 5.91 Å². The summed E-state index contributed by atoms with van der Waals surface area (Å²) in [5.74, 6) is 0.241. The number of nitrogens with one attached hydrogen (secondary N) is 2. The fourth-order valence-electron chi connectivity index (χ4n) is 2.38. The molecular formula is C11H21BN2O2. The van der Waals surface area contributed by atoms with E-state index < -0.39 is 7.05 Å². The van der Waals surface area contributed by atoms with Crippen molar-refractivity contribution in [3.05, 3.63) is 12.7 Å². The Hall–Kier alpha value is -0.805. The highest BCUT2D eigenvalue weighted by molar-refractivity contribution is 6.45. The van der Waals surface area contributed by atoms with Crippen molar-refractivity contribution in [2.24, 2.45) is 11.8 Å². The Morgan fingerprint density at radius 2 is 2.31 bits per heavy atom. The summed E-state index contributed by atoms with van der Waals surface area (Å²) in [6.45, 7) is 9.41. The molecule has 1 saturated heterocycles. The summed E-state index contributed by atoms with van der Waals surface area (Å²) < 4.78 is 0. The van der Waals surface area contributed by atoms with Gasteiger partial charge < -0.3 is 15.6 Å². The number of carbonyl (C=O) groups excluding carboxylic acids is 1. The van der Waals surface area contributed by atoms with Crippen molar-refractivity contribution in [2.75, 3.05) is 0 Å². The monoisotopic (exact) mass is 224 g/mol. The maximum atomic E-state index is 11.8. The van der Waals surface area contributed by atoms with Crippen LogP contribution in [0.15, 0.2) is 12.7 Å². The third-order valence-electron chi connectivity index (χ3n) is 3.02. The van der Waals surface area contributed by atoms with Crippen LogP contribution in [0.25, 0.3) is 0 Å². The largest absolute Gasteiger partial charge is 0.437 e. The van der Waals surface area contributed by atoms with Gasteiger partial charge in [-0.25, -0.2) is 0 Å². The Kier molecular flexibility index (Phi) is 4.56. The third kappa shape index (κ3) is 2.86. The second-order valence-corrected chi connectivity index (χ2v) is 4.78. The molecule has 0 aromatic rings. The smallest absolute Gasteiger partial charge is 0.373 e. The predicted molar refractivity (Wildman–Crippen MR) is 65.8 cm³/mol. The number of rotatable bonds is 5. The van der Waals surface area contributed by atoms with Crippen molar-refractivity contribution in [1.82, 2.24) is 10.5 Å². The normalized spacial score (nSPS) is 29.3. The van der Waals surface area contributed by atoms with E-state index in [2.05, 4.69) is 17.1 Å². The zero-order valence-corrected chi connectivity index (χ0v) is 10.2. The second-order valence-electron chi connectivity index (χ2n) is 4.78. The van der Waals surface area contributed by atoms with Gasteiger partial charge in [0, 0.05) is 12.1 Å². The van der Waals surface area contributed by atoms with Crippen molar-refractivity contribution in [1.29, 1.82) is 0 Å². The lowest BCUT2D eigenvalue weighted by atomic mass is 9.80. The summed E-state index contributed by atoms with van der Waals surface area (Å²) >= 11 is 0. The zero-order valence-electron chi connectivity index (χ0n) is 10.2. The molecule has 1 unspecified atom stereocenters. The molecule has 0 bridgehead atoms. The summed E-state index contributed by atoms with van der Waals surface area (Å²) in [5, 5.41) is 15.4. The molecule has 1 amide bonds. The topological polar surface area (TPSA) is 61.4 Å². The van der Waals surface area contributed by atoms with Crippen LogP contribution in [0, 0.1) is 11.8 Å². The second kappa shape index (κ2) is 5.50. The minimum atomic E-state index is -0.605. The molecule has 1 aliphatic heterocycles. The molecule has 0 aromatic heterocycles. The Bertz CT molecular complexity index is 269. The van der Waals surface area contributed by atoms with Gasteiger partial charge in [0.05, 0.1) is 5.92 Å². The first-order valence-electron chi connectivity index (χ1n) is 5.82. The summed E-state index contributed by atoms with van der Waals surface area (Å²) in [4.78, 5) is 11.8. The van der Waals surface area contributed by atoms with E-state index in [9.17, 15) is 9.82 Å². The van der Waals surface area contributed by atoms with Gasteiger partial charge in [-0.05, 0) is 19.2 Å². The Balaban J connectivity index is 2.81. The highest BCUT2D eigenvalue weighted by atomic mass is 16.2. The first-order chi connectivity index (χ1) is 7.47. The highest BCUT2D eigenvalue weighted by Crippen LogP contribution is 2.25. The van der Waals surface area contributed by atoms with Gasteiger partial charge in [-0.3, -0.25) is 4.79 Å². The van der Waals surface area contributed by atoms with Crippen LogP contribution in [0.3, 0.4) is 0 Å². The lowest BCUT2D eigenvalue weighted by molar-refractivity contribution is -0.123. The molecule has 0 aromatic carbocycles. The van der Waals surface area contributed by atoms with Crippen LogP contribution >= 0.6 is 0 Å². The van der Waals surface area contributed by atoms with Crippen LogP contribution in [0.2, 0.25) is 6.82 Å². The molecule has 1 heterocycles. The fourth-order valence-corrected chi connectivity index (χ4v) is 2.38. The molecule has 1 rings (SSSR count). The maximum Gasteiger partial charge on any atom is 0.373 e. The molecule has 1 aliphatic rings. The van der Waals surface area contributed by atoms with Gasteiger partial charge in [0.1, 0.15) is 0 Å². The van der Waals surface area contributed by atoms with Gasteiger partial charge in [0.25, 0.3) is 0 Å². The Morgan fingerprint density at radius 3 is 2.75 bits per heavy atom. The lowest BCUT2D eigenvalue weighted by Gasteiger charge is -2.26. The molecular weight excluding hydrogens is 203 g/mol. The molecule has 90 valence electrons. The zero-order chi connectivity index (χ0) is 12.3. The molecule has 5 heteroatoms. The number of hydrogen-bond acceptors (Lipinski definition) is 3. The minimum Gasteiger partial charge on any atom is -0.437 e. The van der Waals surface area contributed by atoms with E-state index in [1.807, 2.05) is 13.8 Å². The Labute approximate surface area is 97.6 Å². The average molecular weight is 224 g/mol. The standard InChI is InChI=1S/C11H21BN2O2/c1-5-6-8-10(14-12(4)16)9(7(2)3)11(15)13-8/h5,7-10,14,16H,1,6H2,2-4H3,(H,13,15)/t8-,9+,10?/m1/s1. The molecule has 0 radical (unpaired) electrons. The van der Waals surface area contributed by atoms with E-state index in [1.165, 1.54) is 0 Å². The van der Waals surface area contributed by atoms with Crippen molar-refractivity contribution in [3.63, 3.8) is 0 Å². The van der Waals surface area contributed by atoms with Crippen LogP contribution in [0.1, 0.15) is 20.3 Å². The number of amides is 1. The van der Waals surface area contributed by atoms with Crippen molar-refractivity contribution >= 4 is 13.0 Å². The van der Waals surface area contributed by atoms with Crippen LogP contribution in [-0.4, -0.2) is 30.1 Å². The molecule has 3 atom stereocenters. The predicted octanol–water partition coefficient (Wildman–Crippen LogP) is 0.402. The van der Waals surface area contributed by atoms with Crippen molar-refractivity contribution in [3.8, 4) is 0 Å². The molecule has 1 fully saturated rings. The van der Waals surface area contributed by atoms with Crippen LogP contribution in [0.4, 0.5) is 0 Å².